The fourth-order valence-corrected chi connectivity index (χ4v) is 3.91. The highest BCUT2D eigenvalue weighted by Crippen LogP contribution is 2.39. The first-order valence-electron chi connectivity index (χ1n) is 9.39. The molecule has 6 nitrogen and oxygen atoms in total. The largest absolute Gasteiger partial charge is 0.386 e. The lowest BCUT2D eigenvalue weighted by atomic mass is 10.1. The predicted molar refractivity (Wildman–Crippen MR) is 102 cm³/mol. The molecule has 1 aliphatic carbocycles. The zero-order valence-corrected chi connectivity index (χ0v) is 14.8. The summed E-state index contributed by atoms with van der Waals surface area (Å²) in [4.78, 5) is 11.3. The Hall–Kier alpha value is -2.60. The van der Waals surface area contributed by atoms with Gasteiger partial charge in [0.15, 0.2) is 0 Å². The number of dihydropyridines is 1. The zero-order chi connectivity index (χ0) is 17.4. The second kappa shape index (κ2) is 6.29. The van der Waals surface area contributed by atoms with Crippen LogP contribution in [-0.4, -0.2) is 46.6 Å². The Bertz CT molecular complexity index is 883. The highest BCUT2D eigenvalue weighted by Gasteiger charge is 2.46. The number of hydrogen-bond acceptors (Lipinski definition) is 6. The molecule has 5 rings (SSSR count). The van der Waals surface area contributed by atoms with Crippen molar-refractivity contribution in [2.45, 2.75) is 24.9 Å². The molecule has 2 aromatic rings. The van der Waals surface area contributed by atoms with Crippen LogP contribution in [0.4, 0.5) is 0 Å². The molecule has 0 atom stereocenters. The van der Waals surface area contributed by atoms with Gasteiger partial charge in [-0.05, 0) is 36.6 Å². The number of rotatable bonds is 4. The van der Waals surface area contributed by atoms with Crippen LogP contribution in [0.5, 0.6) is 0 Å². The van der Waals surface area contributed by atoms with Crippen LogP contribution in [0.1, 0.15) is 18.4 Å². The highest BCUT2D eigenvalue weighted by atomic mass is 15.3. The van der Waals surface area contributed by atoms with Crippen molar-refractivity contribution in [1.82, 2.24) is 30.8 Å². The van der Waals surface area contributed by atoms with E-state index in [1.165, 1.54) is 29.8 Å². The van der Waals surface area contributed by atoms with Crippen molar-refractivity contribution in [2.24, 2.45) is 0 Å². The van der Waals surface area contributed by atoms with Crippen molar-refractivity contribution >= 4 is 11.0 Å². The van der Waals surface area contributed by atoms with Gasteiger partial charge in [0.25, 0.3) is 0 Å². The normalized spacial score (nSPS) is 21.2. The lowest BCUT2D eigenvalue weighted by Gasteiger charge is -2.38. The van der Waals surface area contributed by atoms with Crippen LogP contribution in [0, 0.1) is 0 Å². The molecule has 1 saturated heterocycles. The van der Waals surface area contributed by atoms with Crippen molar-refractivity contribution in [3.05, 3.63) is 59.8 Å². The first-order chi connectivity index (χ1) is 12.8. The molecule has 3 aliphatic rings. The second-order valence-corrected chi connectivity index (χ2v) is 7.42. The molecule has 0 unspecified atom stereocenters. The zero-order valence-electron chi connectivity index (χ0n) is 14.8. The Labute approximate surface area is 153 Å². The van der Waals surface area contributed by atoms with E-state index < -0.39 is 0 Å². The molecule has 1 spiro atoms. The SMILES string of the molecule is C1=C(NCc2ccc3nccnc3c2)C(N2CCNC3(CC3)C2)=CCN1. The maximum Gasteiger partial charge on any atom is 0.0890 e. The smallest absolute Gasteiger partial charge is 0.0890 e. The number of aromatic nitrogens is 2. The number of nitrogens with zero attached hydrogens (tertiary/aromatic N) is 3. The summed E-state index contributed by atoms with van der Waals surface area (Å²) < 4.78 is 0. The van der Waals surface area contributed by atoms with Crippen LogP contribution in [-0.2, 0) is 6.54 Å². The topological polar surface area (TPSA) is 65.1 Å². The number of fused-ring (bicyclic) bond motifs is 1. The van der Waals surface area contributed by atoms with Gasteiger partial charge < -0.3 is 20.9 Å². The van der Waals surface area contributed by atoms with E-state index >= 15 is 0 Å². The van der Waals surface area contributed by atoms with Gasteiger partial charge in [0, 0.05) is 56.9 Å². The monoisotopic (exact) mass is 348 g/mol. The van der Waals surface area contributed by atoms with Gasteiger partial charge in [-0.25, -0.2) is 0 Å². The van der Waals surface area contributed by atoms with Gasteiger partial charge in [-0.3, -0.25) is 9.97 Å². The average Bonchev–Trinajstić information content (AvgIpc) is 3.44. The number of benzene rings is 1. The van der Waals surface area contributed by atoms with Crippen molar-refractivity contribution < 1.29 is 0 Å². The van der Waals surface area contributed by atoms with E-state index in [1.807, 2.05) is 6.07 Å². The van der Waals surface area contributed by atoms with E-state index in [9.17, 15) is 0 Å². The third kappa shape index (κ3) is 3.01. The van der Waals surface area contributed by atoms with Crippen LogP contribution >= 0.6 is 0 Å². The number of piperazine rings is 1. The van der Waals surface area contributed by atoms with E-state index in [0.29, 0.717) is 5.54 Å². The quantitative estimate of drug-likeness (QED) is 0.778. The van der Waals surface area contributed by atoms with Gasteiger partial charge in [0.2, 0.25) is 0 Å². The van der Waals surface area contributed by atoms with Crippen LogP contribution < -0.4 is 16.0 Å². The Morgan fingerprint density at radius 2 is 2.04 bits per heavy atom. The highest BCUT2D eigenvalue weighted by molar-refractivity contribution is 5.74. The van der Waals surface area contributed by atoms with Crippen LogP contribution in [0.2, 0.25) is 0 Å². The van der Waals surface area contributed by atoms with Crippen LogP contribution in [0.25, 0.3) is 11.0 Å². The molecule has 0 radical (unpaired) electrons. The molecule has 0 amide bonds. The second-order valence-electron chi connectivity index (χ2n) is 7.42. The molecule has 1 saturated carbocycles. The molecular weight excluding hydrogens is 324 g/mol. The lowest BCUT2D eigenvalue weighted by Crippen LogP contribution is -2.52. The van der Waals surface area contributed by atoms with Gasteiger partial charge in [-0.1, -0.05) is 6.07 Å². The van der Waals surface area contributed by atoms with E-state index in [0.717, 1.165) is 43.8 Å². The molecule has 1 aromatic heterocycles. The Balaban J connectivity index is 1.30. The van der Waals surface area contributed by atoms with Gasteiger partial charge in [0.05, 0.1) is 22.4 Å². The first kappa shape index (κ1) is 15.6. The fraction of sp³-hybridized carbons (Fsp3) is 0.400. The summed E-state index contributed by atoms with van der Waals surface area (Å²) in [5, 5.41) is 10.6. The minimum absolute atomic E-state index is 0.381. The van der Waals surface area contributed by atoms with Crippen LogP contribution in [0.15, 0.2) is 54.3 Å². The van der Waals surface area contributed by atoms with Gasteiger partial charge >= 0.3 is 0 Å². The average molecular weight is 348 g/mol. The summed E-state index contributed by atoms with van der Waals surface area (Å²) in [6.45, 7) is 4.92. The standard InChI is InChI=1S/C20H24N6/c1-2-16-17(23-8-7-22-16)11-15(1)12-24-18-13-21-6-3-19(18)26-10-9-25-20(14-26)4-5-20/h1-3,7-8,11,13,21,24-25H,4-6,9-10,12,14H2. The van der Waals surface area contributed by atoms with E-state index in [1.54, 1.807) is 12.4 Å². The summed E-state index contributed by atoms with van der Waals surface area (Å²) in [7, 11) is 0. The Morgan fingerprint density at radius 1 is 1.15 bits per heavy atom. The molecule has 1 aromatic carbocycles. The summed E-state index contributed by atoms with van der Waals surface area (Å²) in [5.74, 6) is 0. The van der Waals surface area contributed by atoms with Gasteiger partial charge in [0.1, 0.15) is 0 Å². The van der Waals surface area contributed by atoms with Crippen molar-refractivity contribution in [3.8, 4) is 0 Å². The maximum atomic E-state index is 4.40. The maximum absolute atomic E-state index is 4.40. The summed E-state index contributed by atoms with van der Waals surface area (Å²) >= 11 is 0. The van der Waals surface area contributed by atoms with E-state index in [-0.39, 0.29) is 0 Å². The predicted octanol–water partition coefficient (Wildman–Crippen LogP) is 1.49. The first-order valence-corrected chi connectivity index (χ1v) is 9.39. The molecular formula is C20H24N6. The molecule has 134 valence electrons. The molecule has 0 bridgehead atoms. The van der Waals surface area contributed by atoms with E-state index in [2.05, 4.69) is 55.2 Å². The number of nitrogens with one attached hydrogen (secondary N) is 3. The van der Waals surface area contributed by atoms with Gasteiger partial charge in [-0.15, -0.1) is 0 Å². The fourth-order valence-electron chi connectivity index (χ4n) is 3.91. The molecule has 2 aliphatic heterocycles. The number of hydrogen-bond donors (Lipinski definition) is 3. The van der Waals surface area contributed by atoms with Crippen molar-refractivity contribution in [2.75, 3.05) is 26.2 Å². The molecule has 26 heavy (non-hydrogen) atoms. The minimum Gasteiger partial charge on any atom is -0.386 e. The molecule has 3 heterocycles. The minimum atomic E-state index is 0.381. The van der Waals surface area contributed by atoms with Crippen molar-refractivity contribution in [3.63, 3.8) is 0 Å². The van der Waals surface area contributed by atoms with Crippen molar-refractivity contribution in [1.29, 1.82) is 0 Å². The van der Waals surface area contributed by atoms with Crippen LogP contribution in [0.3, 0.4) is 0 Å². The third-order valence-corrected chi connectivity index (χ3v) is 5.52. The summed E-state index contributed by atoms with van der Waals surface area (Å²) in [6.07, 6.45) is 10.5. The molecule has 3 N–H and O–H groups in total. The summed E-state index contributed by atoms with van der Waals surface area (Å²) in [5.41, 5.74) is 5.97. The Kier molecular flexibility index (Phi) is 3.78. The lowest BCUT2D eigenvalue weighted by molar-refractivity contribution is 0.234. The summed E-state index contributed by atoms with van der Waals surface area (Å²) in [6, 6.07) is 6.27. The molecule has 2 fully saturated rings. The Morgan fingerprint density at radius 3 is 2.92 bits per heavy atom. The third-order valence-electron chi connectivity index (χ3n) is 5.52. The van der Waals surface area contributed by atoms with E-state index in [4.69, 9.17) is 0 Å². The van der Waals surface area contributed by atoms with Gasteiger partial charge in [-0.2, -0.15) is 0 Å². The molecule has 6 heteroatoms.